The van der Waals surface area contributed by atoms with Gasteiger partial charge in [0, 0.05) is 149 Å². The number of hydrogen-bond donors (Lipinski definition) is 1. The van der Waals surface area contributed by atoms with Gasteiger partial charge >= 0.3 is 29.6 Å². The molecule has 8 aromatic rings. The minimum Gasteiger partial charge on any atom is -0.870 e. The Hall–Kier alpha value is -6.11. The van der Waals surface area contributed by atoms with Gasteiger partial charge in [-0.2, -0.15) is 0 Å². The summed E-state index contributed by atoms with van der Waals surface area (Å²) in [7, 11) is 3.99. The summed E-state index contributed by atoms with van der Waals surface area (Å²) >= 11 is 6.14. The molecule has 2 saturated heterocycles. The van der Waals surface area contributed by atoms with Gasteiger partial charge in [-0.05, 0) is 99.2 Å². The van der Waals surface area contributed by atoms with E-state index in [1.54, 1.807) is 6.07 Å². The van der Waals surface area contributed by atoms with Crippen molar-refractivity contribution in [1.29, 1.82) is 0 Å². The number of anilines is 2. The van der Waals surface area contributed by atoms with Gasteiger partial charge in [0.2, 0.25) is 0 Å². The molecular weight excluding hydrogens is 939 g/mol. The smallest absolute Gasteiger partial charge is 0.870 e. The Morgan fingerprint density at radius 3 is 1.58 bits per heavy atom. The largest absolute Gasteiger partial charge is 1.00 e. The Bertz CT molecular complexity index is 3310. The van der Waals surface area contributed by atoms with Gasteiger partial charge in [-0.15, -0.1) is 0 Å². The standard InChI is InChI=1S/C27H29ClN6O.C27H30N6O2.Na.H2O/c1-19-12-20(9-10-29-19)14-34(16-21-15-32(2)24-8-4-3-7-23(24)27(21)35)22-6-5-11-33(17-22)26-13-25(28)30-18-31-26;1-19-12-20(9-10-28-19)14-33(16-21-15-31(2)24-8-4-3-7-23(24)27(21)35)22-6-5-11-32(17-22)25-13-26(34)30-18-29-25;;/h3-4,7-10,12-13,15,18,22H,5-6,11,14,16-17H2,1-2H3;3-4,7-10,12-13,15,18,22H,5-6,11,14,16-17H2,1-2H3,(H,29,30,34);;1H2/q;;+1;/p-1/t2*22-;;/m00../s1. The van der Waals surface area contributed by atoms with E-state index >= 15 is 0 Å². The molecule has 0 unspecified atom stereocenters. The number of nitrogens with zero attached hydrogens (tertiary/aromatic N) is 11. The molecule has 6 aromatic heterocycles. The molecule has 0 radical (unpaired) electrons. The number of piperidine rings is 2. The quantitative estimate of drug-likeness (QED) is 0.136. The second-order valence-electron chi connectivity index (χ2n) is 18.6. The number of aromatic nitrogens is 8. The monoisotopic (exact) mass is 998 g/mol. The third-order valence-electron chi connectivity index (χ3n) is 13.5. The molecule has 2 aliphatic heterocycles. The maximum atomic E-state index is 13.4. The summed E-state index contributed by atoms with van der Waals surface area (Å²) in [6.07, 6.45) is 14.7. The third kappa shape index (κ3) is 12.9. The molecule has 2 aliphatic rings. The van der Waals surface area contributed by atoms with Crippen molar-refractivity contribution in [2.75, 3.05) is 36.0 Å². The van der Waals surface area contributed by atoms with Crippen molar-refractivity contribution >= 4 is 45.0 Å². The summed E-state index contributed by atoms with van der Waals surface area (Å²) in [5.41, 5.74) is 7.82. The van der Waals surface area contributed by atoms with Crippen LogP contribution in [-0.4, -0.2) is 92.6 Å². The van der Waals surface area contributed by atoms with E-state index in [0.717, 1.165) is 109 Å². The zero-order chi connectivity index (χ0) is 48.7. The topological polar surface area (TPSA) is 184 Å². The molecule has 8 heterocycles. The Morgan fingerprint density at radius 2 is 1.11 bits per heavy atom. The van der Waals surface area contributed by atoms with Crippen molar-refractivity contribution in [3.63, 3.8) is 0 Å². The molecule has 16 nitrogen and oxygen atoms in total. The van der Waals surface area contributed by atoms with Crippen LogP contribution in [0.15, 0.2) is 137 Å². The van der Waals surface area contributed by atoms with Gasteiger partial charge in [0.25, 0.3) is 5.56 Å². The number of para-hydroxylation sites is 2. The number of hydrogen-bond acceptors (Lipinski definition) is 13. The van der Waals surface area contributed by atoms with E-state index in [4.69, 9.17) is 11.6 Å². The Kier molecular flexibility index (Phi) is 18.3. The van der Waals surface area contributed by atoms with Crippen LogP contribution < -0.4 is 55.8 Å². The Morgan fingerprint density at radius 1 is 0.625 bits per heavy atom. The zero-order valence-corrected chi connectivity index (χ0v) is 44.4. The molecule has 2 fully saturated rings. The number of aromatic amines is 1. The molecule has 2 aromatic carbocycles. The number of H-pyrrole nitrogens is 1. The molecule has 18 heteroatoms. The summed E-state index contributed by atoms with van der Waals surface area (Å²) in [6.45, 7) is 9.89. The fourth-order valence-corrected chi connectivity index (χ4v) is 10.3. The molecule has 2 N–H and O–H groups in total. The average molecular weight is 1000 g/mol. The molecule has 0 aliphatic carbocycles. The Labute approximate surface area is 446 Å². The van der Waals surface area contributed by atoms with E-state index in [-0.39, 0.29) is 63.5 Å². The van der Waals surface area contributed by atoms with E-state index in [9.17, 15) is 14.4 Å². The zero-order valence-electron chi connectivity index (χ0n) is 41.7. The SMILES string of the molecule is Cc1cc(CN(Cc2cn(C)c3ccccc3c2=O)[C@H]2CCCN(c3cc(=O)[nH]cn3)C2)ccn1.Cc1cc(CN(Cc2cn(C)c3ccccc3c2=O)[C@H]2CCCN(c3cc(Cl)ncn3)C2)ccn1.[Na+].[OH-]. The van der Waals surface area contributed by atoms with Crippen molar-refractivity contribution in [3.05, 3.63) is 192 Å². The van der Waals surface area contributed by atoms with E-state index < -0.39 is 0 Å². The van der Waals surface area contributed by atoms with Crippen LogP contribution in [0.25, 0.3) is 21.8 Å². The predicted molar refractivity (Wildman–Crippen MR) is 279 cm³/mol. The second kappa shape index (κ2) is 24.5. The van der Waals surface area contributed by atoms with E-state index in [0.29, 0.717) is 30.6 Å². The number of pyridine rings is 4. The average Bonchev–Trinajstić information content (AvgIpc) is 3.37. The number of rotatable bonds is 12. The summed E-state index contributed by atoms with van der Waals surface area (Å²) < 4.78 is 4.09. The van der Waals surface area contributed by atoms with Gasteiger partial charge < -0.3 is 29.4 Å². The number of aryl methyl sites for hydroxylation is 4. The van der Waals surface area contributed by atoms with Gasteiger partial charge in [-0.25, -0.2) is 15.0 Å². The van der Waals surface area contributed by atoms with E-state index in [1.165, 1.54) is 23.8 Å². The summed E-state index contributed by atoms with van der Waals surface area (Å²) in [5, 5.41) is 1.94. The van der Waals surface area contributed by atoms with Gasteiger partial charge in [0.15, 0.2) is 10.9 Å². The number of halogens is 1. The molecule has 0 spiro atoms. The second-order valence-corrected chi connectivity index (χ2v) is 19.0. The van der Waals surface area contributed by atoms with Gasteiger partial charge in [0.05, 0.1) is 17.4 Å². The van der Waals surface area contributed by atoms with Crippen LogP contribution in [0.3, 0.4) is 0 Å². The van der Waals surface area contributed by atoms with Crippen LogP contribution >= 0.6 is 11.6 Å². The van der Waals surface area contributed by atoms with E-state index in [2.05, 4.69) is 72.3 Å². The van der Waals surface area contributed by atoms with Crippen LogP contribution in [0.5, 0.6) is 0 Å². The van der Waals surface area contributed by atoms with Gasteiger partial charge in [-0.3, -0.25) is 34.2 Å². The van der Waals surface area contributed by atoms with Crippen LogP contribution in [-0.2, 0) is 40.3 Å². The van der Waals surface area contributed by atoms with Crippen molar-refractivity contribution in [1.82, 2.24) is 48.8 Å². The first-order valence-electron chi connectivity index (χ1n) is 23.9. The first-order chi connectivity index (χ1) is 33.9. The summed E-state index contributed by atoms with van der Waals surface area (Å²) in [4.78, 5) is 72.1. The molecule has 72 heavy (non-hydrogen) atoms. The summed E-state index contributed by atoms with van der Waals surface area (Å²) in [6, 6.07) is 27.7. The number of nitrogens with one attached hydrogen (secondary N) is 1. The minimum atomic E-state index is -0.152. The van der Waals surface area contributed by atoms with Gasteiger partial charge in [0.1, 0.15) is 23.1 Å². The maximum Gasteiger partial charge on any atom is 1.00 e. The van der Waals surface area contributed by atoms with Crippen LogP contribution in [0.4, 0.5) is 11.6 Å². The Balaban J connectivity index is 0.000000206. The van der Waals surface area contributed by atoms with Crippen LogP contribution in [0.2, 0.25) is 5.15 Å². The molecule has 0 bridgehead atoms. The van der Waals surface area contributed by atoms with Crippen molar-refractivity contribution < 1.29 is 35.0 Å². The first kappa shape index (κ1) is 53.7. The molecule has 10 rings (SSSR count). The molecule has 368 valence electrons. The minimum absolute atomic E-state index is 0. The van der Waals surface area contributed by atoms with Gasteiger partial charge in [-0.1, -0.05) is 35.9 Å². The van der Waals surface area contributed by atoms with Crippen molar-refractivity contribution in [2.24, 2.45) is 14.1 Å². The fourth-order valence-electron chi connectivity index (χ4n) is 10.1. The van der Waals surface area contributed by atoms with Crippen molar-refractivity contribution in [2.45, 2.75) is 77.8 Å². The maximum absolute atomic E-state index is 13.4. The normalized spacial score (nSPS) is 15.8. The number of benzene rings is 2. The van der Waals surface area contributed by atoms with Crippen LogP contribution in [0.1, 0.15) is 59.3 Å². The number of fused-ring (bicyclic) bond motifs is 2. The molecule has 0 saturated carbocycles. The molecule has 0 amide bonds. The van der Waals surface area contributed by atoms with Crippen molar-refractivity contribution in [3.8, 4) is 0 Å². The fraction of sp³-hybridized carbons (Fsp3) is 0.333. The summed E-state index contributed by atoms with van der Waals surface area (Å²) in [5.74, 6) is 1.54. The predicted octanol–water partition coefficient (Wildman–Crippen LogP) is 4.18. The first-order valence-corrected chi connectivity index (χ1v) is 24.3. The van der Waals surface area contributed by atoms with Crippen LogP contribution in [0, 0.1) is 13.8 Å². The molecule has 2 atom stereocenters. The molecular formula is C54H60ClN12NaO4. The van der Waals surface area contributed by atoms with E-state index in [1.807, 2.05) is 118 Å². The third-order valence-corrected chi connectivity index (χ3v) is 13.7.